The normalized spacial score (nSPS) is 19.3. The molecule has 2 amide bonds. The number of nitrogens with zero attached hydrogens (tertiary/aromatic N) is 5. The summed E-state index contributed by atoms with van der Waals surface area (Å²) < 4.78 is 1.28. The highest BCUT2D eigenvalue weighted by molar-refractivity contribution is 8.03. The summed E-state index contributed by atoms with van der Waals surface area (Å²) in [6.07, 6.45) is 0. The van der Waals surface area contributed by atoms with Crippen LogP contribution in [0.5, 0.6) is 0 Å². The van der Waals surface area contributed by atoms with E-state index in [4.69, 9.17) is 21.7 Å². The predicted octanol–water partition coefficient (Wildman–Crippen LogP) is 0.486. The molecule has 2 atom stereocenters. The molecule has 2 aliphatic heterocycles. The number of β-lactam (4-membered cyclic amide) rings is 1. The molecule has 196 valence electrons. The number of aliphatic carboxylic acids is 1. The molecular weight excluding hydrogens is 583 g/mol. The second-order valence-electron chi connectivity index (χ2n) is 7.25. The Balaban J connectivity index is 1.43. The Bertz CT molecular complexity index is 1310. The Hall–Kier alpha value is -2.87. The van der Waals surface area contributed by atoms with Crippen molar-refractivity contribution in [3.8, 4) is 0 Å². The van der Waals surface area contributed by atoms with Gasteiger partial charge in [0.2, 0.25) is 0 Å². The zero-order chi connectivity index (χ0) is 26.7. The smallest absolute Gasteiger partial charge is 0.352 e. The summed E-state index contributed by atoms with van der Waals surface area (Å²) in [5, 5.41) is 32.8. The zero-order valence-electron chi connectivity index (χ0n) is 18.9. The fourth-order valence-corrected chi connectivity index (χ4v) is 8.10. The summed E-state index contributed by atoms with van der Waals surface area (Å²) in [7, 11) is 1.27. The molecular formula is C18H19N9O5S5. The number of fused-ring (bicyclic) bond motifs is 1. The molecule has 7 N–H and O–H groups in total. The third-order valence-corrected chi connectivity index (χ3v) is 10.1. The Morgan fingerprint density at radius 1 is 1.38 bits per heavy atom. The van der Waals surface area contributed by atoms with Gasteiger partial charge in [-0.1, -0.05) is 40.0 Å². The topological polar surface area (TPSA) is 223 Å². The number of anilines is 1. The van der Waals surface area contributed by atoms with Crippen molar-refractivity contribution in [3.05, 3.63) is 22.3 Å². The highest BCUT2D eigenvalue weighted by Gasteiger charge is 2.54. The maximum atomic E-state index is 13.0. The summed E-state index contributed by atoms with van der Waals surface area (Å²) in [6, 6.07) is -0.942. The van der Waals surface area contributed by atoms with Gasteiger partial charge in [0.1, 0.15) is 35.8 Å². The summed E-state index contributed by atoms with van der Waals surface area (Å²) in [5.41, 5.74) is 11.5. The first-order chi connectivity index (χ1) is 17.7. The average Bonchev–Trinajstić information content (AvgIpc) is 3.50. The largest absolute Gasteiger partial charge is 0.477 e. The number of thiazole rings is 1. The van der Waals surface area contributed by atoms with Crippen LogP contribution in [0.4, 0.5) is 5.13 Å². The van der Waals surface area contributed by atoms with Crippen molar-refractivity contribution < 1.29 is 24.3 Å². The van der Waals surface area contributed by atoms with Crippen LogP contribution in [0.15, 0.2) is 30.5 Å². The Morgan fingerprint density at radius 3 is 2.73 bits per heavy atom. The average molecular weight is 602 g/mol. The number of carbonyl (C=O) groups is 3. The first kappa shape index (κ1) is 27.2. The molecule has 4 heterocycles. The molecule has 0 saturated carbocycles. The van der Waals surface area contributed by atoms with Crippen molar-refractivity contribution in [2.75, 3.05) is 30.1 Å². The summed E-state index contributed by atoms with van der Waals surface area (Å²) in [4.78, 5) is 47.9. The van der Waals surface area contributed by atoms with Gasteiger partial charge < -0.3 is 26.7 Å². The Labute approximate surface area is 230 Å². The number of carboxylic acid groups (broad SMARTS) is 1. The molecule has 1 fully saturated rings. The molecule has 0 spiro atoms. The highest BCUT2D eigenvalue weighted by Crippen LogP contribution is 2.42. The molecule has 0 radical (unpaired) electrons. The number of hydrogen-bond acceptors (Lipinski definition) is 15. The van der Waals surface area contributed by atoms with Gasteiger partial charge in [-0.3, -0.25) is 19.9 Å². The van der Waals surface area contributed by atoms with E-state index in [1.54, 1.807) is 0 Å². The molecule has 2 aromatic heterocycles. The number of nitrogens with two attached hydrogens (primary N) is 2. The van der Waals surface area contributed by atoms with Crippen LogP contribution < -0.4 is 16.8 Å². The predicted molar refractivity (Wildman–Crippen MR) is 143 cm³/mol. The molecule has 19 heteroatoms. The number of amidine groups is 1. The minimum atomic E-state index is -1.23. The monoisotopic (exact) mass is 601 g/mol. The van der Waals surface area contributed by atoms with E-state index >= 15 is 0 Å². The second-order valence-corrected chi connectivity index (χ2v) is 12.7. The Kier molecular flexibility index (Phi) is 8.57. The van der Waals surface area contributed by atoms with E-state index in [2.05, 4.69) is 25.7 Å². The van der Waals surface area contributed by atoms with Crippen LogP contribution in [-0.4, -0.2) is 90.3 Å². The standard InChI is InChI=1S/C18H19N9O5S5/c1-32-26-9(7-4-34-16(21)22-7)12(28)23-10-13(29)27-11(15(30)31)6(2-33-14(10)27)3-35-17-24-25-18(37-17)36-5-8(19)20/h4,10,14H,2-3,5H2,1H3,(H3,19,20)(H2,21,22)(H,23,28)(H,30,31)/b26-9-/t10-,14+/m1/s1. The van der Waals surface area contributed by atoms with Crippen molar-refractivity contribution in [3.63, 3.8) is 0 Å². The molecule has 0 unspecified atom stereocenters. The van der Waals surface area contributed by atoms with E-state index in [0.717, 1.165) is 11.3 Å². The number of rotatable bonds is 11. The van der Waals surface area contributed by atoms with Crippen LogP contribution in [0.3, 0.4) is 0 Å². The van der Waals surface area contributed by atoms with Crippen molar-refractivity contribution in [2.45, 2.75) is 20.1 Å². The third kappa shape index (κ3) is 6.00. The van der Waals surface area contributed by atoms with Crippen molar-refractivity contribution in [2.24, 2.45) is 10.9 Å². The van der Waals surface area contributed by atoms with E-state index in [9.17, 15) is 19.5 Å². The van der Waals surface area contributed by atoms with Crippen LogP contribution >= 0.6 is 58.0 Å². The van der Waals surface area contributed by atoms with Crippen LogP contribution in [-0.2, 0) is 19.2 Å². The van der Waals surface area contributed by atoms with Crippen molar-refractivity contribution >= 4 is 92.4 Å². The van der Waals surface area contributed by atoms with Gasteiger partial charge in [0.05, 0.1) is 5.75 Å². The maximum Gasteiger partial charge on any atom is 0.352 e. The van der Waals surface area contributed by atoms with Gasteiger partial charge in [-0.05, 0) is 5.57 Å². The molecule has 0 aromatic carbocycles. The quantitative estimate of drug-likeness (QED) is 0.0778. The van der Waals surface area contributed by atoms with E-state index in [0.29, 0.717) is 31.5 Å². The number of nitrogen functional groups attached to an aromatic ring is 1. The van der Waals surface area contributed by atoms with Gasteiger partial charge in [-0.25, -0.2) is 9.78 Å². The lowest BCUT2D eigenvalue weighted by molar-refractivity contribution is -0.150. The third-order valence-electron chi connectivity index (χ3n) is 4.81. The molecule has 14 nitrogen and oxygen atoms in total. The Morgan fingerprint density at radius 2 is 2.11 bits per heavy atom. The minimum Gasteiger partial charge on any atom is -0.477 e. The molecule has 0 aliphatic carbocycles. The van der Waals surface area contributed by atoms with Gasteiger partial charge in [0.25, 0.3) is 11.8 Å². The lowest BCUT2D eigenvalue weighted by Crippen LogP contribution is -2.71. The number of carbonyl (C=O) groups excluding carboxylic acids is 2. The lowest BCUT2D eigenvalue weighted by Gasteiger charge is -2.49. The SMILES string of the molecule is CO/N=C(\C(=O)N[C@@H]1C(=O)N2C(C(=O)O)=C(CSc3nnc(SCC(=N)N)s3)CS[C@@H]12)c1csc(N)n1. The molecule has 37 heavy (non-hydrogen) atoms. The van der Waals surface area contributed by atoms with E-state index < -0.39 is 29.2 Å². The van der Waals surface area contributed by atoms with Gasteiger partial charge in [0.15, 0.2) is 19.5 Å². The molecule has 2 aliphatic rings. The van der Waals surface area contributed by atoms with Crippen molar-refractivity contribution in [1.29, 1.82) is 5.41 Å². The van der Waals surface area contributed by atoms with E-state index in [-0.39, 0.29) is 28.1 Å². The molecule has 2 aromatic rings. The summed E-state index contributed by atoms with van der Waals surface area (Å²) in [5.74, 6) is -1.48. The number of thioether (sulfide) groups is 3. The summed E-state index contributed by atoms with van der Waals surface area (Å²) >= 11 is 6.39. The number of aromatic nitrogens is 3. The fourth-order valence-electron chi connectivity index (χ4n) is 3.30. The van der Waals surface area contributed by atoms with E-state index in [1.807, 2.05) is 0 Å². The van der Waals surface area contributed by atoms with Gasteiger partial charge in [0, 0.05) is 16.9 Å². The van der Waals surface area contributed by atoms with Gasteiger partial charge in [-0.15, -0.1) is 33.3 Å². The van der Waals surface area contributed by atoms with Crippen LogP contribution in [0, 0.1) is 5.41 Å². The number of oxime groups is 1. The van der Waals surface area contributed by atoms with Crippen LogP contribution in [0.1, 0.15) is 5.69 Å². The highest BCUT2D eigenvalue weighted by atomic mass is 32.2. The van der Waals surface area contributed by atoms with Crippen LogP contribution in [0.2, 0.25) is 0 Å². The number of nitrogens with one attached hydrogen (secondary N) is 2. The summed E-state index contributed by atoms with van der Waals surface area (Å²) in [6.45, 7) is 0. The lowest BCUT2D eigenvalue weighted by atomic mass is 10.0. The van der Waals surface area contributed by atoms with Crippen LogP contribution in [0.25, 0.3) is 0 Å². The zero-order valence-corrected chi connectivity index (χ0v) is 22.9. The number of hydrogen-bond donors (Lipinski definition) is 5. The van der Waals surface area contributed by atoms with Gasteiger partial charge in [-0.2, -0.15) is 0 Å². The minimum absolute atomic E-state index is 0.0307. The second kappa shape index (κ2) is 11.7. The molecule has 1 saturated heterocycles. The molecule has 0 bridgehead atoms. The fraction of sp³-hybridized carbons (Fsp3) is 0.333. The molecule has 4 rings (SSSR count). The number of carboxylic acids is 1. The number of amides is 2. The first-order valence-corrected chi connectivity index (χ1v) is 14.9. The first-order valence-electron chi connectivity index (χ1n) is 10.1. The van der Waals surface area contributed by atoms with Gasteiger partial charge >= 0.3 is 5.97 Å². The van der Waals surface area contributed by atoms with Crippen molar-refractivity contribution in [1.82, 2.24) is 25.4 Å². The van der Waals surface area contributed by atoms with E-state index in [1.165, 1.54) is 64.0 Å². The maximum absolute atomic E-state index is 13.0.